The minimum Gasteiger partial charge on any atom is -0.312 e. The molecule has 0 amide bonds. The first-order valence-electron chi connectivity index (χ1n) is 6.35. The SMILES string of the molecule is FCC1CCC(F)(F)c2c3c(nn2C1)CCNC3. The van der Waals surface area contributed by atoms with Gasteiger partial charge in [-0.05, 0) is 6.42 Å². The minimum absolute atomic E-state index is 0.0145. The monoisotopic (exact) mass is 259 g/mol. The second-order valence-corrected chi connectivity index (χ2v) is 5.15. The van der Waals surface area contributed by atoms with Crippen LogP contribution in [-0.2, 0) is 25.4 Å². The summed E-state index contributed by atoms with van der Waals surface area (Å²) in [6.07, 6.45) is 0.612. The number of aromatic nitrogens is 2. The van der Waals surface area contributed by atoms with Crippen LogP contribution in [0.2, 0.25) is 0 Å². The average Bonchev–Trinajstić information content (AvgIpc) is 2.67. The van der Waals surface area contributed by atoms with Gasteiger partial charge in [0.15, 0.2) is 0 Å². The van der Waals surface area contributed by atoms with Crippen molar-refractivity contribution < 1.29 is 13.2 Å². The Morgan fingerprint density at radius 2 is 2.28 bits per heavy atom. The molecule has 1 N–H and O–H groups in total. The van der Waals surface area contributed by atoms with Crippen LogP contribution in [0.1, 0.15) is 29.8 Å². The summed E-state index contributed by atoms with van der Waals surface area (Å²) in [7, 11) is 0. The van der Waals surface area contributed by atoms with Crippen LogP contribution in [0.25, 0.3) is 0 Å². The molecule has 0 fully saturated rings. The number of hydrogen-bond donors (Lipinski definition) is 1. The Hall–Kier alpha value is -1.04. The van der Waals surface area contributed by atoms with Crippen molar-refractivity contribution >= 4 is 0 Å². The Morgan fingerprint density at radius 3 is 3.06 bits per heavy atom. The van der Waals surface area contributed by atoms with E-state index < -0.39 is 12.6 Å². The third-order valence-corrected chi connectivity index (χ3v) is 3.84. The van der Waals surface area contributed by atoms with E-state index in [1.54, 1.807) is 0 Å². The van der Waals surface area contributed by atoms with E-state index in [-0.39, 0.29) is 31.0 Å². The summed E-state index contributed by atoms with van der Waals surface area (Å²) >= 11 is 0. The van der Waals surface area contributed by atoms with Gasteiger partial charge in [-0.3, -0.25) is 9.07 Å². The molecule has 0 radical (unpaired) electrons. The van der Waals surface area contributed by atoms with Crippen molar-refractivity contribution in [2.75, 3.05) is 13.2 Å². The van der Waals surface area contributed by atoms with Crippen LogP contribution in [-0.4, -0.2) is 23.0 Å². The van der Waals surface area contributed by atoms with Crippen LogP contribution in [0.3, 0.4) is 0 Å². The molecule has 1 aromatic heterocycles. The van der Waals surface area contributed by atoms with Gasteiger partial charge in [-0.15, -0.1) is 0 Å². The molecule has 2 aliphatic rings. The van der Waals surface area contributed by atoms with Gasteiger partial charge in [0, 0.05) is 44.0 Å². The molecule has 1 atom stereocenters. The van der Waals surface area contributed by atoms with Gasteiger partial charge in [0.2, 0.25) is 0 Å². The summed E-state index contributed by atoms with van der Waals surface area (Å²) in [5.41, 5.74) is 1.40. The molecule has 0 aliphatic carbocycles. The third kappa shape index (κ3) is 1.83. The molecule has 100 valence electrons. The molecule has 3 heterocycles. The Bertz CT molecular complexity index is 456. The summed E-state index contributed by atoms with van der Waals surface area (Å²) in [6.45, 7) is 0.925. The highest BCUT2D eigenvalue weighted by Crippen LogP contribution is 2.40. The molecule has 0 saturated heterocycles. The number of hydrogen-bond acceptors (Lipinski definition) is 2. The lowest BCUT2D eigenvalue weighted by molar-refractivity contribution is -0.0217. The van der Waals surface area contributed by atoms with E-state index in [2.05, 4.69) is 10.4 Å². The normalized spacial score (nSPS) is 26.3. The Morgan fingerprint density at radius 1 is 1.44 bits per heavy atom. The second-order valence-electron chi connectivity index (χ2n) is 5.15. The van der Waals surface area contributed by atoms with E-state index in [1.807, 2.05) is 0 Å². The standard InChI is InChI=1S/C12H16F3N3/c13-5-8-1-3-12(14,15)11-9-6-16-4-2-10(9)17-18(11)7-8/h8,16H,1-7H2. The van der Waals surface area contributed by atoms with Gasteiger partial charge in [0.1, 0.15) is 5.69 Å². The number of nitrogens with zero attached hydrogens (tertiary/aromatic N) is 2. The lowest BCUT2D eigenvalue weighted by Crippen LogP contribution is -2.26. The largest absolute Gasteiger partial charge is 0.312 e. The maximum atomic E-state index is 14.2. The van der Waals surface area contributed by atoms with E-state index >= 15 is 0 Å². The molecular formula is C12H16F3N3. The summed E-state index contributed by atoms with van der Waals surface area (Å²) < 4.78 is 42.5. The molecule has 0 spiro atoms. The first-order valence-corrected chi connectivity index (χ1v) is 6.35. The molecule has 3 rings (SSSR count). The van der Waals surface area contributed by atoms with Crippen molar-refractivity contribution in [1.82, 2.24) is 15.1 Å². The number of rotatable bonds is 1. The summed E-state index contributed by atoms with van der Waals surface area (Å²) in [4.78, 5) is 0. The molecule has 0 saturated carbocycles. The zero-order valence-corrected chi connectivity index (χ0v) is 10.1. The highest BCUT2D eigenvalue weighted by atomic mass is 19.3. The first-order chi connectivity index (χ1) is 8.62. The van der Waals surface area contributed by atoms with E-state index in [1.165, 1.54) is 4.68 Å². The van der Waals surface area contributed by atoms with Gasteiger partial charge in [-0.1, -0.05) is 0 Å². The zero-order chi connectivity index (χ0) is 12.8. The smallest absolute Gasteiger partial charge is 0.289 e. The van der Waals surface area contributed by atoms with Crippen molar-refractivity contribution in [3.8, 4) is 0 Å². The number of halogens is 3. The van der Waals surface area contributed by atoms with Crippen molar-refractivity contribution in [3.63, 3.8) is 0 Å². The molecular weight excluding hydrogens is 243 g/mol. The van der Waals surface area contributed by atoms with Crippen LogP contribution in [0.4, 0.5) is 13.2 Å². The fourth-order valence-electron chi connectivity index (χ4n) is 2.86. The highest BCUT2D eigenvalue weighted by molar-refractivity contribution is 5.32. The molecule has 6 heteroatoms. The van der Waals surface area contributed by atoms with E-state index in [4.69, 9.17) is 0 Å². The predicted octanol–water partition coefficient (Wildman–Crippen LogP) is 2.00. The Balaban J connectivity index is 2.08. The van der Waals surface area contributed by atoms with Gasteiger partial charge in [0.05, 0.1) is 12.4 Å². The summed E-state index contributed by atoms with van der Waals surface area (Å²) in [6, 6.07) is 0. The third-order valence-electron chi connectivity index (χ3n) is 3.84. The maximum absolute atomic E-state index is 14.2. The summed E-state index contributed by atoms with van der Waals surface area (Å²) in [5, 5.41) is 7.37. The van der Waals surface area contributed by atoms with Crippen LogP contribution in [0, 0.1) is 5.92 Å². The Kier molecular flexibility index (Phi) is 2.84. The predicted molar refractivity (Wildman–Crippen MR) is 60.2 cm³/mol. The summed E-state index contributed by atoms with van der Waals surface area (Å²) in [5.74, 6) is -3.23. The molecule has 18 heavy (non-hydrogen) atoms. The van der Waals surface area contributed by atoms with E-state index in [0.29, 0.717) is 18.5 Å². The lowest BCUT2D eigenvalue weighted by Gasteiger charge is -2.18. The number of alkyl halides is 3. The van der Waals surface area contributed by atoms with Gasteiger partial charge >= 0.3 is 0 Å². The van der Waals surface area contributed by atoms with Gasteiger partial charge < -0.3 is 5.32 Å². The van der Waals surface area contributed by atoms with Crippen LogP contribution in [0.15, 0.2) is 0 Å². The number of nitrogens with one attached hydrogen (secondary N) is 1. The first kappa shape index (κ1) is 12.0. The van der Waals surface area contributed by atoms with Gasteiger partial charge in [-0.2, -0.15) is 13.9 Å². The molecule has 0 aromatic carbocycles. The lowest BCUT2D eigenvalue weighted by atomic mass is 9.99. The van der Waals surface area contributed by atoms with Gasteiger partial charge in [-0.25, -0.2) is 0 Å². The molecule has 3 nitrogen and oxygen atoms in total. The fraction of sp³-hybridized carbons (Fsp3) is 0.750. The molecule has 2 aliphatic heterocycles. The van der Waals surface area contributed by atoms with E-state index in [9.17, 15) is 13.2 Å². The zero-order valence-electron chi connectivity index (χ0n) is 10.1. The van der Waals surface area contributed by atoms with Crippen molar-refractivity contribution in [2.24, 2.45) is 5.92 Å². The maximum Gasteiger partial charge on any atom is 0.289 e. The topological polar surface area (TPSA) is 29.9 Å². The quantitative estimate of drug-likeness (QED) is 0.836. The molecule has 0 bridgehead atoms. The molecule has 1 unspecified atom stereocenters. The fourth-order valence-corrected chi connectivity index (χ4v) is 2.86. The number of fused-ring (bicyclic) bond motifs is 3. The van der Waals surface area contributed by atoms with Gasteiger partial charge in [0.25, 0.3) is 5.92 Å². The minimum atomic E-state index is -2.89. The highest BCUT2D eigenvalue weighted by Gasteiger charge is 2.42. The van der Waals surface area contributed by atoms with Crippen molar-refractivity contribution in [1.29, 1.82) is 0 Å². The molecule has 1 aromatic rings. The second kappa shape index (κ2) is 4.26. The van der Waals surface area contributed by atoms with Crippen LogP contribution in [0.5, 0.6) is 0 Å². The van der Waals surface area contributed by atoms with E-state index in [0.717, 1.165) is 12.2 Å². The van der Waals surface area contributed by atoms with Crippen LogP contribution >= 0.6 is 0 Å². The van der Waals surface area contributed by atoms with Crippen molar-refractivity contribution in [2.45, 2.75) is 38.3 Å². The van der Waals surface area contributed by atoms with Crippen LogP contribution < -0.4 is 5.32 Å². The van der Waals surface area contributed by atoms with Crippen molar-refractivity contribution in [3.05, 3.63) is 17.0 Å². The average molecular weight is 259 g/mol. The Labute approximate surface area is 103 Å².